The van der Waals surface area contributed by atoms with E-state index in [-0.39, 0.29) is 44.4 Å². The van der Waals surface area contributed by atoms with Crippen LogP contribution in [0.4, 0.5) is 0 Å². The number of carbonyl (C=O) groups excluding carboxylic acids is 1. The van der Waals surface area contributed by atoms with Crippen LogP contribution in [0, 0.1) is 11.3 Å². The number of nitrogens with zero attached hydrogens (tertiary/aromatic N) is 2. The molecule has 0 spiro atoms. The van der Waals surface area contributed by atoms with Crippen LogP contribution < -0.4 is 0 Å². The molecule has 1 fully saturated rings. The fraction of sp³-hybridized carbons (Fsp3) is 0.737. The van der Waals surface area contributed by atoms with Gasteiger partial charge in [0.2, 0.25) is 5.91 Å². The number of rotatable bonds is 12. The van der Waals surface area contributed by atoms with Crippen LogP contribution in [-0.4, -0.2) is 66.7 Å². The molecule has 8 nitrogen and oxygen atoms in total. The number of amides is 1. The minimum absolute atomic E-state index is 0.124. The van der Waals surface area contributed by atoms with Crippen LogP contribution in [-0.2, 0) is 23.8 Å². The number of likely N-dealkylation sites (N-methyl/N-ethyl adjacent to an activating group) is 1. The van der Waals surface area contributed by atoms with E-state index in [2.05, 4.69) is 6.58 Å². The van der Waals surface area contributed by atoms with Crippen molar-refractivity contribution in [2.24, 2.45) is 0 Å². The predicted molar refractivity (Wildman–Crippen MR) is 97.8 cm³/mol. The fourth-order valence-electron chi connectivity index (χ4n) is 2.82. The first-order valence-electron chi connectivity index (χ1n) is 9.20. The Hall–Kier alpha value is -1.95. The smallest absolute Gasteiger partial charge is 0.333 e. The monoisotopic (exact) mass is 382 g/mol. The van der Waals surface area contributed by atoms with Gasteiger partial charge in [0.15, 0.2) is 11.8 Å². The average molecular weight is 382 g/mol. The van der Waals surface area contributed by atoms with Gasteiger partial charge in [-0.25, -0.2) is 4.79 Å². The van der Waals surface area contributed by atoms with Gasteiger partial charge >= 0.3 is 5.97 Å². The van der Waals surface area contributed by atoms with Crippen LogP contribution in [0.5, 0.6) is 0 Å². The highest BCUT2D eigenvalue weighted by atomic mass is 16.7. The van der Waals surface area contributed by atoms with E-state index in [4.69, 9.17) is 19.5 Å². The summed E-state index contributed by atoms with van der Waals surface area (Å²) in [7, 11) is 1.38. The molecule has 0 radical (unpaired) electrons. The summed E-state index contributed by atoms with van der Waals surface area (Å²) < 4.78 is 16.8. The summed E-state index contributed by atoms with van der Waals surface area (Å²) in [6, 6.07) is 1.86. The Bertz CT molecular complexity index is 541. The molecule has 3 atom stereocenters. The normalized spacial score (nSPS) is 20.1. The molecule has 1 amide bonds. The third-order valence-corrected chi connectivity index (χ3v) is 4.56. The van der Waals surface area contributed by atoms with E-state index >= 15 is 0 Å². The minimum Gasteiger partial charge on any atom is -0.479 e. The third kappa shape index (κ3) is 6.94. The zero-order valence-electron chi connectivity index (χ0n) is 16.2. The van der Waals surface area contributed by atoms with Gasteiger partial charge in [-0.2, -0.15) is 5.26 Å². The van der Waals surface area contributed by atoms with Crippen LogP contribution in [0.25, 0.3) is 0 Å². The Morgan fingerprint density at radius 1 is 1.52 bits per heavy atom. The minimum atomic E-state index is -1.74. The van der Waals surface area contributed by atoms with E-state index in [1.54, 1.807) is 6.08 Å². The number of allylic oxidation sites excluding steroid dienone is 1. The Labute approximate surface area is 160 Å². The molecule has 1 saturated heterocycles. The van der Waals surface area contributed by atoms with E-state index in [0.29, 0.717) is 13.0 Å². The Morgan fingerprint density at radius 3 is 2.81 bits per heavy atom. The van der Waals surface area contributed by atoms with Gasteiger partial charge in [0.05, 0.1) is 31.8 Å². The highest BCUT2D eigenvalue weighted by Gasteiger charge is 2.45. The predicted octanol–water partition coefficient (Wildman–Crippen LogP) is 2.10. The number of nitriles is 1. The van der Waals surface area contributed by atoms with Crippen LogP contribution in [0.3, 0.4) is 0 Å². The SMILES string of the molecule is C=CCCC(=O)N(C)C(CC#N)(COC[C@@H](C)OC1CCCCO1)C(=O)O. The van der Waals surface area contributed by atoms with Crippen molar-refractivity contribution in [2.45, 2.75) is 63.4 Å². The number of ether oxygens (including phenoxy) is 3. The zero-order chi connectivity index (χ0) is 20.3. The number of hydrogen-bond donors (Lipinski definition) is 1. The van der Waals surface area contributed by atoms with E-state index in [0.717, 1.165) is 24.2 Å². The molecule has 0 aromatic rings. The first-order valence-corrected chi connectivity index (χ1v) is 9.20. The Balaban J connectivity index is 2.67. The summed E-state index contributed by atoms with van der Waals surface area (Å²) in [5.74, 6) is -1.65. The molecule has 0 aromatic heterocycles. The van der Waals surface area contributed by atoms with Gasteiger partial charge in [-0.3, -0.25) is 4.79 Å². The van der Waals surface area contributed by atoms with Gasteiger partial charge < -0.3 is 24.2 Å². The lowest BCUT2D eigenvalue weighted by Crippen LogP contribution is -2.58. The molecule has 1 N–H and O–H groups in total. The van der Waals surface area contributed by atoms with Crippen LogP contribution >= 0.6 is 0 Å². The fourth-order valence-corrected chi connectivity index (χ4v) is 2.82. The summed E-state index contributed by atoms with van der Waals surface area (Å²) in [6.07, 6.45) is 4.07. The topological polar surface area (TPSA) is 109 Å². The second kappa shape index (κ2) is 11.7. The van der Waals surface area contributed by atoms with Gasteiger partial charge in [0, 0.05) is 20.1 Å². The van der Waals surface area contributed by atoms with Crippen molar-refractivity contribution in [3.63, 3.8) is 0 Å². The highest BCUT2D eigenvalue weighted by molar-refractivity contribution is 5.87. The standard InChI is InChI=1S/C19H30N2O6/c1-4-5-8-16(22)21(3)19(10-11-20,18(23)24)14-25-13-15(2)27-17-9-6-7-12-26-17/h4,15,17H,1,5-10,12-14H2,2-3H3,(H,23,24)/t15-,17?,19?/m1/s1. The molecule has 0 bridgehead atoms. The average Bonchev–Trinajstić information content (AvgIpc) is 2.65. The molecule has 27 heavy (non-hydrogen) atoms. The second-order valence-electron chi connectivity index (χ2n) is 6.71. The molecule has 0 saturated carbocycles. The van der Waals surface area contributed by atoms with E-state index in [1.165, 1.54) is 7.05 Å². The largest absolute Gasteiger partial charge is 0.479 e. The highest BCUT2D eigenvalue weighted by Crippen LogP contribution is 2.22. The van der Waals surface area contributed by atoms with Crippen molar-refractivity contribution in [2.75, 3.05) is 26.9 Å². The van der Waals surface area contributed by atoms with Gasteiger partial charge in [-0.05, 0) is 32.6 Å². The molecular weight excluding hydrogens is 352 g/mol. The molecule has 152 valence electrons. The molecule has 1 aliphatic rings. The lowest BCUT2D eigenvalue weighted by molar-refractivity contribution is -0.196. The number of hydrogen-bond acceptors (Lipinski definition) is 6. The zero-order valence-corrected chi connectivity index (χ0v) is 16.2. The molecule has 2 unspecified atom stereocenters. The van der Waals surface area contributed by atoms with Crippen molar-refractivity contribution in [3.05, 3.63) is 12.7 Å². The van der Waals surface area contributed by atoms with Crippen LogP contribution in [0.15, 0.2) is 12.7 Å². The van der Waals surface area contributed by atoms with Gasteiger partial charge in [-0.15, -0.1) is 6.58 Å². The summed E-state index contributed by atoms with van der Waals surface area (Å²) in [5.41, 5.74) is -1.74. The molecular formula is C19H30N2O6. The first kappa shape index (κ1) is 23.1. The lowest BCUT2D eigenvalue weighted by atomic mass is 9.94. The van der Waals surface area contributed by atoms with Crippen molar-refractivity contribution in [1.82, 2.24) is 4.90 Å². The number of aliphatic carboxylic acids is 1. The molecule has 0 aromatic carbocycles. The molecule has 8 heteroatoms. The van der Waals surface area contributed by atoms with Gasteiger partial charge in [-0.1, -0.05) is 6.08 Å². The maximum absolute atomic E-state index is 12.3. The number of carbonyl (C=O) groups is 2. The molecule has 1 aliphatic heterocycles. The van der Waals surface area contributed by atoms with Crippen molar-refractivity contribution >= 4 is 11.9 Å². The van der Waals surface area contributed by atoms with Gasteiger partial charge in [0.1, 0.15) is 0 Å². The first-order chi connectivity index (χ1) is 12.9. The molecule has 1 rings (SSSR count). The van der Waals surface area contributed by atoms with Crippen LogP contribution in [0.2, 0.25) is 0 Å². The van der Waals surface area contributed by atoms with Crippen molar-refractivity contribution in [1.29, 1.82) is 5.26 Å². The molecule has 1 heterocycles. The summed E-state index contributed by atoms with van der Waals surface area (Å²) >= 11 is 0. The lowest BCUT2D eigenvalue weighted by Gasteiger charge is -2.36. The van der Waals surface area contributed by atoms with Crippen LogP contribution in [0.1, 0.15) is 45.4 Å². The van der Waals surface area contributed by atoms with E-state index < -0.39 is 11.5 Å². The number of carboxylic acids is 1. The maximum Gasteiger partial charge on any atom is 0.333 e. The van der Waals surface area contributed by atoms with Gasteiger partial charge in [0.25, 0.3) is 0 Å². The number of carboxylic acid groups (broad SMARTS) is 1. The Kier molecular flexibility index (Phi) is 10.0. The second-order valence-corrected chi connectivity index (χ2v) is 6.71. The van der Waals surface area contributed by atoms with E-state index in [9.17, 15) is 14.7 Å². The van der Waals surface area contributed by atoms with Crippen molar-refractivity contribution < 1.29 is 28.9 Å². The Morgan fingerprint density at radius 2 is 2.26 bits per heavy atom. The third-order valence-electron chi connectivity index (χ3n) is 4.56. The van der Waals surface area contributed by atoms with Crippen molar-refractivity contribution in [3.8, 4) is 6.07 Å². The molecule has 0 aliphatic carbocycles. The maximum atomic E-state index is 12.3. The van der Waals surface area contributed by atoms with E-state index in [1.807, 2.05) is 13.0 Å². The summed E-state index contributed by atoms with van der Waals surface area (Å²) in [6.45, 7) is 5.86. The summed E-state index contributed by atoms with van der Waals surface area (Å²) in [5, 5.41) is 18.8. The summed E-state index contributed by atoms with van der Waals surface area (Å²) in [4.78, 5) is 25.3. The quantitative estimate of drug-likeness (QED) is 0.515.